The van der Waals surface area contributed by atoms with Crippen molar-refractivity contribution in [3.63, 3.8) is 0 Å². The number of amides is 1. The summed E-state index contributed by atoms with van der Waals surface area (Å²) in [6.45, 7) is 5.57. The van der Waals surface area contributed by atoms with Gasteiger partial charge in [0.2, 0.25) is 6.41 Å². The molecule has 1 N–H and O–H groups in total. The van der Waals surface area contributed by atoms with Gasteiger partial charge in [0, 0.05) is 11.3 Å². The first-order chi connectivity index (χ1) is 12.4. The Bertz CT molecular complexity index is 918. The average molecular weight is 390 g/mol. The van der Waals surface area contributed by atoms with Crippen LogP contribution in [0, 0.1) is 20.8 Å². The first kappa shape index (κ1) is 19.8. The Labute approximate surface area is 161 Å². The van der Waals surface area contributed by atoms with Gasteiger partial charge in [-0.05, 0) is 39.0 Å². The highest BCUT2D eigenvalue weighted by molar-refractivity contribution is 6.42. The zero-order chi connectivity index (χ0) is 19.1. The van der Waals surface area contributed by atoms with E-state index in [2.05, 4.69) is 25.3 Å². The second-order valence-electron chi connectivity index (χ2n) is 5.38. The highest BCUT2D eigenvalue weighted by Crippen LogP contribution is 2.27. The molecule has 0 atom stereocenters. The normalized spacial score (nSPS) is 9.88. The van der Waals surface area contributed by atoms with Crippen LogP contribution >= 0.6 is 23.2 Å². The number of nitrogens with one attached hydrogen (secondary N) is 1. The lowest BCUT2D eigenvalue weighted by molar-refractivity contribution is -0.105. The van der Waals surface area contributed by atoms with Gasteiger partial charge in [-0.1, -0.05) is 29.3 Å². The minimum absolute atomic E-state index is 0.519. The first-order valence-corrected chi connectivity index (χ1v) is 8.40. The maximum Gasteiger partial charge on any atom is 0.212 e. The fourth-order valence-corrected chi connectivity index (χ4v) is 2.36. The molecule has 26 heavy (non-hydrogen) atoms. The Hall–Kier alpha value is -2.57. The summed E-state index contributed by atoms with van der Waals surface area (Å²) < 4.78 is 0. The van der Waals surface area contributed by atoms with E-state index in [4.69, 9.17) is 23.2 Å². The number of nitrogens with zero attached hydrogens (tertiary/aromatic N) is 4. The second kappa shape index (κ2) is 9.22. The Morgan fingerprint density at radius 3 is 2.35 bits per heavy atom. The van der Waals surface area contributed by atoms with Crippen molar-refractivity contribution in [2.75, 3.05) is 5.32 Å². The van der Waals surface area contributed by atoms with Crippen LogP contribution in [0.2, 0.25) is 10.0 Å². The summed E-state index contributed by atoms with van der Waals surface area (Å²) in [5, 5.41) is 3.53. The maximum atomic E-state index is 10.0. The van der Waals surface area contributed by atoms with Crippen LogP contribution in [-0.4, -0.2) is 26.3 Å². The molecule has 8 heteroatoms. The van der Waals surface area contributed by atoms with Crippen LogP contribution in [0.15, 0.2) is 36.8 Å². The van der Waals surface area contributed by atoms with Crippen molar-refractivity contribution in [1.82, 2.24) is 19.9 Å². The molecule has 2 aromatic heterocycles. The van der Waals surface area contributed by atoms with Gasteiger partial charge in [0.15, 0.2) is 5.82 Å². The van der Waals surface area contributed by atoms with E-state index >= 15 is 0 Å². The van der Waals surface area contributed by atoms with E-state index < -0.39 is 0 Å². The minimum Gasteiger partial charge on any atom is -0.312 e. The fourth-order valence-electron chi connectivity index (χ4n) is 2.06. The van der Waals surface area contributed by atoms with Crippen molar-refractivity contribution in [3.05, 3.63) is 63.9 Å². The van der Waals surface area contributed by atoms with Crippen molar-refractivity contribution in [1.29, 1.82) is 0 Å². The van der Waals surface area contributed by atoms with Gasteiger partial charge in [-0.3, -0.25) is 9.78 Å². The number of benzene rings is 1. The smallest absolute Gasteiger partial charge is 0.212 e. The van der Waals surface area contributed by atoms with Crippen LogP contribution in [0.3, 0.4) is 0 Å². The van der Waals surface area contributed by atoms with Crippen LogP contribution < -0.4 is 5.32 Å². The predicted octanol–water partition coefficient (Wildman–Crippen LogP) is 4.42. The number of aryl methyl sites for hydroxylation is 3. The summed E-state index contributed by atoms with van der Waals surface area (Å²) in [5.41, 5.74) is 4.29. The molecule has 6 nitrogen and oxygen atoms in total. The van der Waals surface area contributed by atoms with Gasteiger partial charge in [0.05, 0.1) is 33.3 Å². The molecule has 0 aliphatic rings. The van der Waals surface area contributed by atoms with Crippen LogP contribution in [0.25, 0.3) is 11.3 Å². The molecular formula is C18H17Cl2N5O. The molecule has 0 unspecified atom stereocenters. The fraction of sp³-hybridized carbons (Fsp3) is 0.167. The number of carbonyl (C=O) groups excluding carboxylic acids is 1. The molecule has 0 fully saturated rings. The van der Waals surface area contributed by atoms with Gasteiger partial charge in [-0.15, -0.1) is 0 Å². The van der Waals surface area contributed by atoms with Crippen molar-refractivity contribution in [2.24, 2.45) is 0 Å². The summed E-state index contributed by atoms with van der Waals surface area (Å²) in [5.74, 6) is 0.519. The third-order valence-corrected chi connectivity index (χ3v) is 4.02. The van der Waals surface area contributed by atoms with Crippen molar-refractivity contribution >= 4 is 35.4 Å². The maximum absolute atomic E-state index is 10.0. The average Bonchev–Trinajstić information content (AvgIpc) is 2.60. The van der Waals surface area contributed by atoms with Gasteiger partial charge in [-0.25, -0.2) is 15.0 Å². The summed E-state index contributed by atoms with van der Waals surface area (Å²) >= 11 is 11.8. The van der Waals surface area contributed by atoms with E-state index in [1.54, 1.807) is 25.3 Å². The Morgan fingerprint density at radius 2 is 1.73 bits per heavy atom. The molecule has 0 spiro atoms. The minimum atomic E-state index is 0.519. The highest BCUT2D eigenvalue weighted by atomic mass is 35.5. The van der Waals surface area contributed by atoms with Gasteiger partial charge in [-0.2, -0.15) is 0 Å². The topological polar surface area (TPSA) is 80.7 Å². The van der Waals surface area contributed by atoms with Crippen molar-refractivity contribution < 1.29 is 4.79 Å². The number of aromatic nitrogens is 4. The van der Waals surface area contributed by atoms with E-state index in [0.717, 1.165) is 28.3 Å². The third-order valence-electron chi connectivity index (χ3n) is 3.28. The Balaban J connectivity index is 0.000000197. The molecule has 1 amide bonds. The second-order valence-corrected chi connectivity index (χ2v) is 6.20. The molecule has 2 heterocycles. The summed E-state index contributed by atoms with van der Waals surface area (Å²) in [7, 11) is 0. The third kappa shape index (κ3) is 5.47. The molecule has 134 valence electrons. The standard InChI is InChI=1S/C11H8Cl2N2.C7H9N3O/c1-7-4-11(15-6-14-7)8-2-3-9(12)10(13)5-8;1-5-3-8-7(9-4-11)6(2)10-5/h2-6H,1H3;3-4H,1-2H3,(H,8,9,11). The van der Waals surface area contributed by atoms with E-state index in [9.17, 15) is 4.79 Å². The van der Waals surface area contributed by atoms with Gasteiger partial charge in [0.1, 0.15) is 6.33 Å². The first-order valence-electron chi connectivity index (χ1n) is 7.65. The van der Waals surface area contributed by atoms with E-state index in [-0.39, 0.29) is 0 Å². The van der Waals surface area contributed by atoms with E-state index in [0.29, 0.717) is 22.3 Å². The molecule has 0 bridgehead atoms. The lowest BCUT2D eigenvalue weighted by Gasteiger charge is -2.02. The Kier molecular flexibility index (Phi) is 7.00. The van der Waals surface area contributed by atoms with Crippen molar-refractivity contribution in [3.8, 4) is 11.3 Å². The lowest BCUT2D eigenvalue weighted by Crippen LogP contribution is -2.01. The number of hydrogen-bond donors (Lipinski definition) is 1. The van der Waals surface area contributed by atoms with Gasteiger partial charge in [0.25, 0.3) is 0 Å². The van der Waals surface area contributed by atoms with Gasteiger partial charge < -0.3 is 5.32 Å². The molecule has 0 saturated carbocycles. The quantitative estimate of drug-likeness (QED) is 0.670. The SMILES string of the molecule is Cc1cc(-c2ccc(Cl)c(Cl)c2)ncn1.Cc1cnc(NC=O)c(C)n1. The molecule has 0 radical (unpaired) electrons. The van der Waals surface area contributed by atoms with Crippen LogP contribution in [0.5, 0.6) is 0 Å². The zero-order valence-electron chi connectivity index (χ0n) is 14.5. The number of hydrogen-bond acceptors (Lipinski definition) is 5. The molecule has 0 aliphatic heterocycles. The number of carbonyl (C=O) groups is 1. The summed E-state index contributed by atoms with van der Waals surface area (Å²) in [4.78, 5) is 26.3. The molecule has 0 saturated heterocycles. The summed E-state index contributed by atoms with van der Waals surface area (Å²) in [6, 6.07) is 7.35. The lowest BCUT2D eigenvalue weighted by atomic mass is 10.1. The molecule has 1 aromatic carbocycles. The van der Waals surface area contributed by atoms with Crippen LogP contribution in [-0.2, 0) is 4.79 Å². The van der Waals surface area contributed by atoms with Crippen LogP contribution in [0.1, 0.15) is 17.1 Å². The Morgan fingerprint density at radius 1 is 0.962 bits per heavy atom. The summed E-state index contributed by atoms with van der Waals surface area (Å²) in [6.07, 6.45) is 3.73. The predicted molar refractivity (Wildman–Crippen MR) is 103 cm³/mol. The number of rotatable bonds is 3. The molecule has 3 aromatic rings. The zero-order valence-corrected chi connectivity index (χ0v) is 16.0. The number of anilines is 1. The number of halogens is 2. The molecular weight excluding hydrogens is 373 g/mol. The van der Waals surface area contributed by atoms with Gasteiger partial charge >= 0.3 is 0 Å². The largest absolute Gasteiger partial charge is 0.312 e. The van der Waals surface area contributed by atoms with E-state index in [1.807, 2.05) is 26.0 Å². The van der Waals surface area contributed by atoms with E-state index in [1.165, 1.54) is 6.33 Å². The van der Waals surface area contributed by atoms with Crippen molar-refractivity contribution in [2.45, 2.75) is 20.8 Å². The molecule has 3 rings (SSSR count). The van der Waals surface area contributed by atoms with Crippen LogP contribution in [0.4, 0.5) is 5.82 Å². The molecule has 0 aliphatic carbocycles. The monoisotopic (exact) mass is 389 g/mol. The highest BCUT2D eigenvalue weighted by Gasteiger charge is 2.03.